The second-order valence-corrected chi connectivity index (χ2v) is 4.59. The van der Waals surface area contributed by atoms with Crippen LogP contribution in [0.5, 0.6) is 5.75 Å². The van der Waals surface area contributed by atoms with Crippen LogP contribution in [-0.4, -0.2) is 22.7 Å². The SMILES string of the molecule is CCOc1ccc(/C=N/Nc2ccc([N+](=O)[O-])cc2)cc1[N+](=O)[O-]. The van der Waals surface area contributed by atoms with Crippen molar-refractivity contribution < 1.29 is 14.6 Å². The summed E-state index contributed by atoms with van der Waals surface area (Å²) in [4.78, 5) is 20.6. The number of nitrogens with one attached hydrogen (secondary N) is 1. The molecule has 9 heteroatoms. The van der Waals surface area contributed by atoms with Crippen LogP contribution in [0.2, 0.25) is 0 Å². The molecule has 0 atom stereocenters. The third-order valence-electron chi connectivity index (χ3n) is 2.96. The molecular weight excluding hydrogens is 316 g/mol. The molecule has 0 radical (unpaired) electrons. The molecule has 2 aromatic carbocycles. The van der Waals surface area contributed by atoms with Crippen LogP contribution >= 0.6 is 0 Å². The van der Waals surface area contributed by atoms with E-state index in [1.807, 2.05) is 0 Å². The highest BCUT2D eigenvalue weighted by Crippen LogP contribution is 2.27. The Balaban J connectivity index is 2.09. The molecule has 0 saturated heterocycles. The zero-order valence-electron chi connectivity index (χ0n) is 12.7. The van der Waals surface area contributed by atoms with Gasteiger partial charge in [-0.25, -0.2) is 0 Å². The zero-order valence-corrected chi connectivity index (χ0v) is 12.7. The highest BCUT2D eigenvalue weighted by molar-refractivity contribution is 5.82. The van der Waals surface area contributed by atoms with E-state index in [1.54, 1.807) is 13.0 Å². The minimum absolute atomic E-state index is 0.0216. The first kappa shape index (κ1) is 16.9. The molecule has 0 aliphatic rings. The van der Waals surface area contributed by atoms with E-state index in [4.69, 9.17) is 4.74 Å². The molecule has 0 saturated carbocycles. The second-order valence-electron chi connectivity index (χ2n) is 4.59. The number of nitro groups is 2. The minimum atomic E-state index is -0.522. The number of non-ortho nitro benzene ring substituents is 1. The van der Waals surface area contributed by atoms with Gasteiger partial charge in [-0.15, -0.1) is 0 Å². The highest BCUT2D eigenvalue weighted by atomic mass is 16.6. The van der Waals surface area contributed by atoms with Gasteiger partial charge in [-0.1, -0.05) is 0 Å². The molecule has 1 N–H and O–H groups in total. The first-order valence-corrected chi connectivity index (χ1v) is 6.96. The summed E-state index contributed by atoms with van der Waals surface area (Å²) in [5.74, 6) is 0.197. The Morgan fingerprint density at radius 3 is 2.42 bits per heavy atom. The van der Waals surface area contributed by atoms with Gasteiger partial charge in [-0.05, 0) is 31.2 Å². The van der Waals surface area contributed by atoms with Crippen molar-refractivity contribution in [2.45, 2.75) is 6.92 Å². The normalized spacial score (nSPS) is 10.5. The number of ether oxygens (including phenoxy) is 1. The van der Waals surface area contributed by atoms with Crippen molar-refractivity contribution in [3.63, 3.8) is 0 Å². The third-order valence-corrected chi connectivity index (χ3v) is 2.96. The molecule has 0 aliphatic heterocycles. The van der Waals surface area contributed by atoms with Crippen LogP contribution in [0.25, 0.3) is 0 Å². The van der Waals surface area contributed by atoms with Crippen molar-refractivity contribution >= 4 is 23.3 Å². The smallest absolute Gasteiger partial charge is 0.311 e. The zero-order chi connectivity index (χ0) is 17.5. The van der Waals surface area contributed by atoms with Crippen LogP contribution < -0.4 is 10.2 Å². The molecule has 0 heterocycles. The minimum Gasteiger partial charge on any atom is -0.487 e. The Bertz CT molecular complexity index is 774. The topological polar surface area (TPSA) is 120 Å². The molecule has 2 aromatic rings. The summed E-state index contributed by atoms with van der Waals surface area (Å²) in [5.41, 5.74) is 3.60. The Kier molecular flexibility index (Phi) is 5.40. The Labute approximate surface area is 136 Å². The van der Waals surface area contributed by atoms with E-state index < -0.39 is 9.85 Å². The van der Waals surface area contributed by atoms with Gasteiger partial charge >= 0.3 is 5.69 Å². The van der Waals surface area contributed by atoms with Gasteiger partial charge in [-0.3, -0.25) is 25.7 Å². The van der Waals surface area contributed by atoms with E-state index in [0.29, 0.717) is 17.9 Å². The molecule has 9 nitrogen and oxygen atoms in total. The van der Waals surface area contributed by atoms with Crippen molar-refractivity contribution in [3.8, 4) is 5.75 Å². The van der Waals surface area contributed by atoms with Crippen molar-refractivity contribution in [2.24, 2.45) is 5.10 Å². The molecule has 0 unspecified atom stereocenters. The fraction of sp³-hybridized carbons (Fsp3) is 0.133. The number of hydrogen-bond acceptors (Lipinski definition) is 7. The molecule has 124 valence electrons. The first-order chi connectivity index (χ1) is 11.5. The van der Waals surface area contributed by atoms with Gasteiger partial charge in [0.1, 0.15) is 0 Å². The van der Waals surface area contributed by atoms with Crippen LogP contribution in [0.4, 0.5) is 17.1 Å². The predicted octanol–water partition coefficient (Wildman–Crippen LogP) is 3.35. The van der Waals surface area contributed by atoms with E-state index >= 15 is 0 Å². The Hall–Kier alpha value is -3.49. The maximum Gasteiger partial charge on any atom is 0.311 e. The Morgan fingerprint density at radius 1 is 1.12 bits per heavy atom. The van der Waals surface area contributed by atoms with Gasteiger partial charge in [-0.2, -0.15) is 5.10 Å². The second kappa shape index (κ2) is 7.68. The molecule has 0 aliphatic carbocycles. The van der Waals surface area contributed by atoms with Gasteiger partial charge in [0.25, 0.3) is 5.69 Å². The van der Waals surface area contributed by atoms with Crippen LogP contribution in [0.3, 0.4) is 0 Å². The molecule has 0 fully saturated rings. The highest BCUT2D eigenvalue weighted by Gasteiger charge is 2.15. The first-order valence-electron chi connectivity index (χ1n) is 6.96. The molecule has 0 spiro atoms. The van der Waals surface area contributed by atoms with Crippen molar-refractivity contribution in [3.05, 3.63) is 68.3 Å². The molecule has 2 rings (SSSR count). The van der Waals surface area contributed by atoms with Crippen molar-refractivity contribution in [1.29, 1.82) is 0 Å². The maximum atomic E-state index is 11.0. The lowest BCUT2D eigenvalue weighted by atomic mass is 10.2. The molecule has 0 aromatic heterocycles. The summed E-state index contributed by atoms with van der Waals surface area (Å²) in [7, 11) is 0. The van der Waals surface area contributed by atoms with Gasteiger partial charge in [0, 0.05) is 23.8 Å². The monoisotopic (exact) mass is 330 g/mol. The van der Waals surface area contributed by atoms with Crippen LogP contribution in [-0.2, 0) is 0 Å². The number of hydrogen-bond donors (Lipinski definition) is 1. The largest absolute Gasteiger partial charge is 0.487 e. The summed E-state index contributed by atoms with van der Waals surface area (Å²) < 4.78 is 5.20. The summed E-state index contributed by atoms with van der Waals surface area (Å²) in [6, 6.07) is 10.2. The van der Waals surface area contributed by atoms with Crippen molar-refractivity contribution in [1.82, 2.24) is 0 Å². The van der Waals surface area contributed by atoms with E-state index in [9.17, 15) is 20.2 Å². The number of anilines is 1. The van der Waals surface area contributed by atoms with Crippen LogP contribution in [0, 0.1) is 20.2 Å². The summed E-state index contributed by atoms with van der Waals surface area (Å²) in [5, 5.41) is 25.6. The van der Waals surface area contributed by atoms with Crippen LogP contribution in [0.1, 0.15) is 12.5 Å². The number of nitrogens with zero attached hydrogens (tertiary/aromatic N) is 3. The summed E-state index contributed by atoms with van der Waals surface area (Å²) in [6.07, 6.45) is 1.41. The number of benzene rings is 2. The van der Waals surface area contributed by atoms with Gasteiger partial charge in [0.05, 0.1) is 28.4 Å². The lowest BCUT2D eigenvalue weighted by Gasteiger charge is -2.04. The van der Waals surface area contributed by atoms with Crippen molar-refractivity contribution in [2.75, 3.05) is 12.0 Å². The van der Waals surface area contributed by atoms with E-state index in [0.717, 1.165) is 0 Å². The molecule has 24 heavy (non-hydrogen) atoms. The fourth-order valence-corrected chi connectivity index (χ4v) is 1.87. The van der Waals surface area contributed by atoms with Gasteiger partial charge in [0.15, 0.2) is 5.75 Å². The number of nitro benzene ring substituents is 2. The Morgan fingerprint density at radius 2 is 1.83 bits per heavy atom. The van der Waals surface area contributed by atoms with E-state index in [2.05, 4.69) is 10.5 Å². The lowest BCUT2D eigenvalue weighted by Crippen LogP contribution is -1.99. The molecular formula is C15H14N4O5. The average molecular weight is 330 g/mol. The number of rotatable bonds is 7. The lowest BCUT2D eigenvalue weighted by molar-refractivity contribution is -0.385. The number of hydrazone groups is 1. The maximum absolute atomic E-state index is 11.0. The summed E-state index contributed by atoms with van der Waals surface area (Å²) >= 11 is 0. The summed E-state index contributed by atoms with van der Waals surface area (Å²) in [6.45, 7) is 2.07. The van der Waals surface area contributed by atoms with Gasteiger partial charge < -0.3 is 4.74 Å². The van der Waals surface area contributed by atoms with E-state index in [1.165, 1.54) is 42.6 Å². The predicted molar refractivity (Wildman–Crippen MR) is 88.6 cm³/mol. The van der Waals surface area contributed by atoms with Crippen LogP contribution in [0.15, 0.2) is 47.6 Å². The fourth-order valence-electron chi connectivity index (χ4n) is 1.87. The average Bonchev–Trinajstić information content (AvgIpc) is 2.56. The standard InChI is InChI=1S/C15H14N4O5/c1-2-24-15-8-3-11(9-14(15)19(22)23)10-16-17-12-4-6-13(7-5-12)18(20)21/h3-10,17H,2H2,1H3/b16-10+. The van der Waals surface area contributed by atoms with Gasteiger partial charge in [0.2, 0.25) is 0 Å². The van der Waals surface area contributed by atoms with E-state index in [-0.39, 0.29) is 17.1 Å². The quantitative estimate of drug-likeness (QED) is 0.472. The molecule has 0 amide bonds. The molecule has 0 bridgehead atoms. The third kappa shape index (κ3) is 4.26.